The highest BCUT2D eigenvalue weighted by Gasteiger charge is 2.60. The van der Waals surface area contributed by atoms with E-state index in [4.69, 9.17) is 0 Å². The average Bonchev–Trinajstić information content (AvgIpc) is 2.98. The number of fused-ring (bicyclic) bond motifs is 3. The number of hydrogen-bond donors (Lipinski definition) is 1. The second-order valence-electron chi connectivity index (χ2n) is 7.15. The van der Waals surface area contributed by atoms with Crippen LogP contribution in [0.5, 0.6) is 0 Å². The van der Waals surface area contributed by atoms with Gasteiger partial charge in [0, 0.05) is 37.0 Å². The molecular weight excluding hydrogens is 276 g/mol. The topological polar surface area (TPSA) is 52.2 Å². The molecule has 0 aliphatic carbocycles. The van der Waals surface area contributed by atoms with Crippen molar-refractivity contribution in [3.05, 3.63) is 29.5 Å². The Labute approximate surface area is 129 Å². The average molecular weight is 296 g/mol. The lowest BCUT2D eigenvalue weighted by Gasteiger charge is -2.44. The zero-order chi connectivity index (χ0) is 14.9. The van der Waals surface area contributed by atoms with E-state index in [1.54, 1.807) is 0 Å². The highest BCUT2D eigenvalue weighted by Crippen LogP contribution is 2.54. The molecule has 4 heterocycles. The van der Waals surface area contributed by atoms with E-state index >= 15 is 0 Å². The molecule has 3 aliphatic heterocycles. The van der Waals surface area contributed by atoms with Crippen LogP contribution < -0.4 is 0 Å². The van der Waals surface area contributed by atoms with Crippen LogP contribution in [-0.4, -0.2) is 52.1 Å². The smallest absolute Gasteiger partial charge is 0.210 e. The zero-order valence-corrected chi connectivity index (χ0v) is 12.7. The van der Waals surface area contributed by atoms with Crippen molar-refractivity contribution in [2.24, 2.45) is 5.92 Å². The van der Waals surface area contributed by atoms with E-state index in [1.165, 1.54) is 10.9 Å². The Morgan fingerprint density at radius 3 is 3.18 bits per heavy atom. The van der Waals surface area contributed by atoms with Gasteiger partial charge in [0.2, 0.25) is 6.41 Å². The van der Waals surface area contributed by atoms with E-state index < -0.39 is 0 Å². The Hall–Kier alpha value is -1.88. The molecule has 0 spiro atoms. The number of aromatic amines is 1. The lowest BCUT2D eigenvalue weighted by Crippen LogP contribution is -2.51. The van der Waals surface area contributed by atoms with Gasteiger partial charge in [-0.3, -0.25) is 9.89 Å². The van der Waals surface area contributed by atoms with Crippen molar-refractivity contribution in [1.82, 2.24) is 20.0 Å². The number of nitrogens with zero attached hydrogens (tertiary/aromatic N) is 3. The normalized spacial score (nSPS) is 36.2. The van der Waals surface area contributed by atoms with Crippen LogP contribution in [0.15, 0.2) is 18.2 Å². The van der Waals surface area contributed by atoms with Crippen LogP contribution >= 0.6 is 0 Å². The van der Waals surface area contributed by atoms with Crippen LogP contribution in [0.25, 0.3) is 10.9 Å². The summed E-state index contributed by atoms with van der Waals surface area (Å²) in [5.41, 5.74) is 3.21. The van der Waals surface area contributed by atoms with Crippen LogP contribution in [0.3, 0.4) is 0 Å². The predicted molar refractivity (Wildman–Crippen MR) is 83.4 cm³/mol. The molecule has 4 unspecified atom stereocenters. The molecule has 2 aromatic rings. The van der Waals surface area contributed by atoms with Crippen LogP contribution in [0.4, 0.5) is 0 Å². The first-order chi connectivity index (χ1) is 10.7. The minimum atomic E-state index is -0.177. The van der Waals surface area contributed by atoms with Gasteiger partial charge in [-0.15, -0.1) is 0 Å². The quantitative estimate of drug-likeness (QED) is 0.857. The molecule has 3 bridgehead atoms. The molecule has 5 nitrogen and oxygen atoms in total. The van der Waals surface area contributed by atoms with E-state index in [1.807, 2.05) is 0 Å². The molecular formula is C17H20N4O. The number of aryl methyl sites for hydroxylation is 1. The summed E-state index contributed by atoms with van der Waals surface area (Å²) in [6, 6.07) is 6.78. The second kappa shape index (κ2) is 4.10. The summed E-state index contributed by atoms with van der Waals surface area (Å²) in [4.78, 5) is 16.5. The van der Waals surface area contributed by atoms with Crippen LogP contribution in [0, 0.1) is 12.8 Å². The van der Waals surface area contributed by atoms with Gasteiger partial charge in [0.05, 0.1) is 16.7 Å². The number of piperidine rings is 2. The van der Waals surface area contributed by atoms with Crippen molar-refractivity contribution < 1.29 is 4.79 Å². The Morgan fingerprint density at radius 2 is 2.32 bits per heavy atom. The number of aromatic nitrogens is 2. The molecule has 0 saturated carbocycles. The summed E-state index contributed by atoms with van der Waals surface area (Å²) in [7, 11) is 0. The minimum absolute atomic E-state index is 0.177. The highest BCUT2D eigenvalue weighted by molar-refractivity contribution is 5.83. The Morgan fingerprint density at radius 1 is 1.41 bits per heavy atom. The van der Waals surface area contributed by atoms with Crippen molar-refractivity contribution in [1.29, 1.82) is 0 Å². The van der Waals surface area contributed by atoms with Crippen LogP contribution in [0.1, 0.15) is 24.1 Å². The largest absolute Gasteiger partial charge is 0.329 e. The molecule has 5 heteroatoms. The fraction of sp³-hybridized carbons (Fsp3) is 0.529. The molecule has 3 fully saturated rings. The summed E-state index contributed by atoms with van der Waals surface area (Å²) in [5, 5.41) is 9.02. The summed E-state index contributed by atoms with van der Waals surface area (Å²) in [6.07, 6.45) is 3.22. The van der Waals surface area contributed by atoms with Gasteiger partial charge in [-0.25, -0.2) is 0 Å². The van der Waals surface area contributed by atoms with Gasteiger partial charge in [0.15, 0.2) is 0 Å². The number of likely N-dealkylation sites (tertiary alicyclic amines) is 1. The molecule has 1 N–H and O–H groups in total. The third kappa shape index (κ3) is 1.38. The molecule has 114 valence electrons. The van der Waals surface area contributed by atoms with Gasteiger partial charge >= 0.3 is 0 Å². The van der Waals surface area contributed by atoms with Crippen molar-refractivity contribution in [2.75, 3.05) is 19.6 Å². The molecule has 1 aromatic carbocycles. The maximum absolute atomic E-state index is 11.9. The maximum atomic E-state index is 11.9. The number of H-pyrrole nitrogens is 1. The summed E-state index contributed by atoms with van der Waals surface area (Å²) in [5.74, 6) is 0.523. The van der Waals surface area contributed by atoms with Crippen molar-refractivity contribution in [2.45, 2.75) is 31.3 Å². The summed E-state index contributed by atoms with van der Waals surface area (Å²) >= 11 is 0. The number of benzene rings is 1. The first kappa shape index (κ1) is 12.6. The fourth-order valence-corrected chi connectivity index (χ4v) is 5.18. The maximum Gasteiger partial charge on any atom is 0.210 e. The van der Waals surface area contributed by atoms with Gasteiger partial charge in [-0.2, -0.15) is 5.10 Å². The molecule has 1 aromatic heterocycles. The number of carbonyl (C=O) groups is 1. The SMILES string of the molecule is Cc1ccc2c(C34CCN5CC(CC3C5)N4C=O)[nH]nc2c1. The van der Waals surface area contributed by atoms with Crippen molar-refractivity contribution in [3.63, 3.8) is 0 Å². The number of nitrogens with one attached hydrogen (secondary N) is 1. The van der Waals surface area contributed by atoms with E-state index in [0.29, 0.717) is 12.0 Å². The molecule has 3 aliphatic rings. The number of hydrogen-bond acceptors (Lipinski definition) is 3. The molecule has 22 heavy (non-hydrogen) atoms. The lowest BCUT2D eigenvalue weighted by molar-refractivity contribution is -0.125. The third-order valence-corrected chi connectivity index (χ3v) is 6.10. The Balaban J connectivity index is 1.75. The van der Waals surface area contributed by atoms with Crippen molar-refractivity contribution in [3.8, 4) is 0 Å². The predicted octanol–water partition coefficient (Wildman–Crippen LogP) is 1.63. The van der Waals surface area contributed by atoms with Crippen molar-refractivity contribution >= 4 is 17.3 Å². The van der Waals surface area contributed by atoms with E-state index in [9.17, 15) is 4.79 Å². The Bertz CT molecular complexity index is 769. The van der Waals surface area contributed by atoms with Gasteiger partial charge < -0.3 is 9.80 Å². The van der Waals surface area contributed by atoms with E-state index in [-0.39, 0.29) is 5.54 Å². The van der Waals surface area contributed by atoms with Crippen LogP contribution in [-0.2, 0) is 10.3 Å². The third-order valence-electron chi connectivity index (χ3n) is 6.10. The first-order valence-electron chi connectivity index (χ1n) is 8.13. The number of amides is 1. The standard InChI is InChI=1S/C17H20N4O/c1-11-2-3-14-15(6-11)18-19-16(14)17-4-5-20-8-12(17)7-13(9-20)21(17)10-22/h2-3,6,10,12-13H,4-5,7-9H2,1H3,(H,18,19). The Kier molecular flexibility index (Phi) is 2.36. The zero-order valence-electron chi connectivity index (χ0n) is 12.7. The molecule has 3 saturated heterocycles. The first-order valence-corrected chi connectivity index (χ1v) is 8.13. The summed E-state index contributed by atoms with van der Waals surface area (Å²) < 4.78 is 0. The van der Waals surface area contributed by atoms with Crippen LogP contribution in [0.2, 0.25) is 0 Å². The molecule has 1 amide bonds. The fourth-order valence-electron chi connectivity index (χ4n) is 5.18. The molecule has 5 rings (SSSR count). The lowest BCUT2D eigenvalue weighted by atomic mass is 9.74. The molecule has 0 radical (unpaired) electrons. The van der Waals surface area contributed by atoms with Gasteiger partial charge in [0.1, 0.15) is 0 Å². The summed E-state index contributed by atoms with van der Waals surface area (Å²) in [6.45, 7) is 5.30. The highest BCUT2D eigenvalue weighted by atomic mass is 16.1. The monoisotopic (exact) mass is 296 g/mol. The number of carbonyl (C=O) groups excluding carboxylic acids is 1. The van der Waals surface area contributed by atoms with E-state index in [2.05, 4.69) is 45.1 Å². The minimum Gasteiger partial charge on any atom is -0.329 e. The number of rotatable bonds is 2. The molecule has 4 atom stereocenters. The van der Waals surface area contributed by atoms with Gasteiger partial charge in [0.25, 0.3) is 0 Å². The van der Waals surface area contributed by atoms with Gasteiger partial charge in [-0.05, 0) is 31.4 Å². The van der Waals surface area contributed by atoms with Gasteiger partial charge in [-0.1, -0.05) is 12.1 Å². The van der Waals surface area contributed by atoms with E-state index in [0.717, 1.165) is 50.1 Å². The second-order valence-corrected chi connectivity index (χ2v) is 7.15.